The average molecular weight is 427 g/mol. The number of ether oxygens (including phenoxy) is 1. The van der Waals surface area contributed by atoms with Gasteiger partial charge >= 0.3 is 5.97 Å². The molecule has 4 rings (SSSR count). The van der Waals surface area contributed by atoms with E-state index in [1.54, 1.807) is 41.6 Å². The predicted octanol–water partition coefficient (Wildman–Crippen LogP) is 6.09. The Morgan fingerprint density at radius 1 is 1.11 bits per heavy atom. The van der Waals surface area contributed by atoms with Crippen LogP contribution >= 0.6 is 34.7 Å². The SMILES string of the molecule is COC(=O)c1ccc(CSc2ncnc3scc(-c4ccc(Cl)cc4)c23)cc1. The molecule has 0 saturated carbocycles. The van der Waals surface area contributed by atoms with Gasteiger partial charge in [0, 0.05) is 21.7 Å². The molecule has 0 amide bonds. The zero-order valence-electron chi connectivity index (χ0n) is 14.9. The zero-order valence-corrected chi connectivity index (χ0v) is 17.3. The summed E-state index contributed by atoms with van der Waals surface area (Å²) in [6, 6.07) is 15.2. The molecular weight excluding hydrogens is 412 g/mol. The number of hydrogen-bond acceptors (Lipinski definition) is 6. The lowest BCUT2D eigenvalue weighted by Crippen LogP contribution is -2.00. The number of thiophene rings is 1. The van der Waals surface area contributed by atoms with Crippen LogP contribution in [0.4, 0.5) is 0 Å². The second kappa shape index (κ2) is 8.31. The normalized spacial score (nSPS) is 10.9. The summed E-state index contributed by atoms with van der Waals surface area (Å²) in [5.41, 5.74) is 3.85. The van der Waals surface area contributed by atoms with Gasteiger partial charge in [0.15, 0.2) is 0 Å². The highest BCUT2D eigenvalue weighted by atomic mass is 35.5. The van der Waals surface area contributed by atoms with E-state index >= 15 is 0 Å². The number of thioether (sulfide) groups is 1. The summed E-state index contributed by atoms with van der Waals surface area (Å²) in [5, 5.41) is 4.82. The van der Waals surface area contributed by atoms with Crippen LogP contribution in [0.1, 0.15) is 15.9 Å². The second-order valence-electron chi connectivity index (χ2n) is 5.99. The first-order valence-electron chi connectivity index (χ1n) is 8.44. The molecule has 0 aliphatic heterocycles. The van der Waals surface area contributed by atoms with Gasteiger partial charge < -0.3 is 4.74 Å². The Labute approximate surface area is 175 Å². The van der Waals surface area contributed by atoms with Crippen molar-refractivity contribution >= 4 is 50.9 Å². The molecular formula is C21H15ClN2O2S2. The van der Waals surface area contributed by atoms with Crippen LogP contribution in [0.2, 0.25) is 5.02 Å². The van der Waals surface area contributed by atoms with Crippen molar-refractivity contribution in [3.05, 3.63) is 76.4 Å². The van der Waals surface area contributed by atoms with E-state index < -0.39 is 0 Å². The van der Waals surface area contributed by atoms with Gasteiger partial charge in [-0.15, -0.1) is 23.1 Å². The Morgan fingerprint density at radius 3 is 2.57 bits per heavy atom. The summed E-state index contributed by atoms with van der Waals surface area (Å²) < 4.78 is 4.74. The van der Waals surface area contributed by atoms with Crippen LogP contribution in [0.25, 0.3) is 21.3 Å². The molecule has 4 aromatic rings. The lowest BCUT2D eigenvalue weighted by atomic mass is 10.1. The third-order valence-electron chi connectivity index (χ3n) is 4.24. The fourth-order valence-electron chi connectivity index (χ4n) is 2.81. The van der Waals surface area contributed by atoms with Crippen LogP contribution < -0.4 is 0 Å². The Hall–Kier alpha value is -2.41. The minimum Gasteiger partial charge on any atom is -0.465 e. The smallest absolute Gasteiger partial charge is 0.337 e. The Bertz CT molecular complexity index is 1130. The van der Waals surface area contributed by atoms with Gasteiger partial charge in [-0.25, -0.2) is 14.8 Å². The van der Waals surface area contributed by atoms with Gasteiger partial charge in [0.2, 0.25) is 0 Å². The van der Waals surface area contributed by atoms with Gasteiger partial charge in [0.1, 0.15) is 16.2 Å². The maximum Gasteiger partial charge on any atom is 0.337 e. The number of carbonyl (C=O) groups is 1. The number of carbonyl (C=O) groups excluding carboxylic acids is 1. The molecule has 0 bridgehead atoms. The standard InChI is InChI=1S/C21H15ClN2O2S2/c1-26-21(25)15-4-2-13(3-5-15)10-27-19-18-17(11-28-20(18)24-12-23-19)14-6-8-16(22)9-7-14/h2-9,11-12H,10H2,1H3. The van der Waals surface area contributed by atoms with E-state index in [1.165, 1.54) is 7.11 Å². The van der Waals surface area contributed by atoms with E-state index in [0.29, 0.717) is 10.6 Å². The molecule has 0 fully saturated rings. The number of halogens is 1. The molecule has 2 aromatic carbocycles. The van der Waals surface area contributed by atoms with Gasteiger partial charge in [-0.1, -0.05) is 35.9 Å². The summed E-state index contributed by atoms with van der Waals surface area (Å²) in [6.45, 7) is 0. The third kappa shape index (κ3) is 3.90. The minimum absolute atomic E-state index is 0.331. The maximum absolute atomic E-state index is 11.6. The van der Waals surface area contributed by atoms with Crippen molar-refractivity contribution in [3.63, 3.8) is 0 Å². The van der Waals surface area contributed by atoms with E-state index in [4.69, 9.17) is 16.3 Å². The van der Waals surface area contributed by atoms with E-state index in [2.05, 4.69) is 15.3 Å². The number of methoxy groups -OCH3 is 1. The first kappa shape index (κ1) is 18.9. The van der Waals surface area contributed by atoms with Gasteiger partial charge in [-0.2, -0.15) is 0 Å². The Morgan fingerprint density at radius 2 is 1.86 bits per heavy atom. The first-order chi connectivity index (χ1) is 13.7. The Kier molecular flexibility index (Phi) is 5.62. The fourth-order valence-corrected chi connectivity index (χ4v) is 4.88. The molecule has 2 heterocycles. The van der Waals surface area contributed by atoms with Crippen LogP contribution in [0, 0.1) is 0 Å². The van der Waals surface area contributed by atoms with Crippen molar-refractivity contribution in [2.24, 2.45) is 0 Å². The van der Waals surface area contributed by atoms with Crippen molar-refractivity contribution in [3.8, 4) is 11.1 Å². The van der Waals surface area contributed by atoms with Crippen molar-refractivity contribution < 1.29 is 9.53 Å². The summed E-state index contributed by atoms with van der Waals surface area (Å²) in [6.07, 6.45) is 1.60. The lowest BCUT2D eigenvalue weighted by Gasteiger charge is -2.06. The quantitative estimate of drug-likeness (QED) is 0.219. The van der Waals surface area contributed by atoms with Gasteiger partial charge in [-0.05, 0) is 35.4 Å². The second-order valence-corrected chi connectivity index (χ2v) is 8.25. The zero-order chi connectivity index (χ0) is 19.5. The molecule has 0 unspecified atom stereocenters. The molecule has 0 spiro atoms. The van der Waals surface area contributed by atoms with Gasteiger partial charge in [0.25, 0.3) is 0 Å². The van der Waals surface area contributed by atoms with E-state index in [0.717, 1.165) is 37.7 Å². The summed E-state index contributed by atoms with van der Waals surface area (Å²) in [4.78, 5) is 21.5. The fraction of sp³-hybridized carbons (Fsp3) is 0.0952. The summed E-state index contributed by atoms with van der Waals surface area (Å²) >= 11 is 9.29. The maximum atomic E-state index is 11.6. The number of nitrogens with zero attached hydrogens (tertiary/aromatic N) is 2. The van der Waals surface area contributed by atoms with Crippen LogP contribution in [0.5, 0.6) is 0 Å². The van der Waals surface area contributed by atoms with Crippen LogP contribution in [0.3, 0.4) is 0 Å². The molecule has 0 atom stereocenters. The monoisotopic (exact) mass is 426 g/mol. The van der Waals surface area contributed by atoms with Gasteiger partial charge in [0.05, 0.1) is 18.1 Å². The average Bonchev–Trinajstić information content (AvgIpc) is 3.17. The highest BCUT2D eigenvalue weighted by Gasteiger charge is 2.14. The number of fused-ring (bicyclic) bond motifs is 1. The molecule has 0 N–H and O–H groups in total. The summed E-state index contributed by atoms with van der Waals surface area (Å²) in [5.74, 6) is 0.409. The van der Waals surface area contributed by atoms with Crippen molar-refractivity contribution in [1.82, 2.24) is 9.97 Å². The molecule has 2 aromatic heterocycles. The minimum atomic E-state index is -0.331. The molecule has 0 aliphatic carbocycles. The number of hydrogen-bond donors (Lipinski definition) is 0. The number of esters is 1. The lowest BCUT2D eigenvalue weighted by molar-refractivity contribution is 0.0600. The van der Waals surface area contributed by atoms with Gasteiger partial charge in [-0.3, -0.25) is 0 Å². The largest absolute Gasteiger partial charge is 0.465 e. The van der Waals surface area contributed by atoms with Crippen LogP contribution in [0.15, 0.2) is 65.3 Å². The summed E-state index contributed by atoms with van der Waals surface area (Å²) in [7, 11) is 1.38. The molecule has 7 heteroatoms. The van der Waals surface area contributed by atoms with Crippen LogP contribution in [-0.4, -0.2) is 23.0 Å². The van der Waals surface area contributed by atoms with E-state index in [9.17, 15) is 4.79 Å². The van der Waals surface area contributed by atoms with Crippen molar-refractivity contribution in [1.29, 1.82) is 0 Å². The molecule has 0 aliphatic rings. The highest BCUT2D eigenvalue weighted by Crippen LogP contribution is 2.38. The highest BCUT2D eigenvalue weighted by molar-refractivity contribution is 7.98. The van der Waals surface area contributed by atoms with Crippen molar-refractivity contribution in [2.75, 3.05) is 7.11 Å². The Balaban J connectivity index is 1.61. The third-order valence-corrected chi connectivity index (χ3v) is 6.44. The van der Waals surface area contributed by atoms with E-state index in [1.807, 2.05) is 36.4 Å². The molecule has 0 radical (unpaired) electrons. The predicted molar refractivity (Wildman–Crippen MR) is 115 cm³/mol. The van der Waals surface area contributed by atoms with Crippen LogP contribution in [-0.2, 0) is 10.5 Å². The molecule has 4 nitrogen and oxygen atoms in total. The van der Waals surface area contributed by atoms with E-state index in [-0.39, 0.29) is 5.97 Å². The molecule has 0 saturated heterocycles. The topological polar surface area (TPSA) is 52.1 Å². The number of aromatic nitrogens is 2. The first-order valence-corrected chi connectivity index (χ1v) is 10.7. The molecule has 28 heavy (non-hydrogen) atoms. The number of benzene rings is 2. The van der Waals surface area contributed by atoms with Crippen molar-refractivity contribution in [2.45, 2.75) is 10.8 Å². The number of rotatable bonds is 5. The molecule has 140 valence electrons.